The molecule has 0 spiro atoms. The maximum atomic E-state index is 12.9. The van der Waals surface area contributed by atoms with Gasteiger partial charge in [0.25, 0.3) is 0 Å². The van der Waals surface area contributed by atoms with Gasteiger partial charge in [0.2, 0.25) is 0 Å². The third-order valence-corrected chi connectivity index (χ3v) is 3.74. The molecular formula is C17H16F3NO. The quantitative estimate of drug-likeness (QED) is 0.927. The predicted molar refractivity (Wildman–Crippen MR) is 77.6 cm³/mol. The highest BCUT2D eigenvalue weighted by molar-refractivity contribution is 5.37. The van der Waals surface area contributed by atoms with E-state index in [1.54, 1.807) is 6.07 Å². The second kappa shape index (κ2) is 6.01. The van der Waals surface area contributed by atoms with Crippen molar-refractivity contribution in [2.45, 2.75) is 25.7 Å². The smallest absolute Gasteiger partial charge is 0.419 e. The zero-order chi connectivity index (χ0) is 15.6. The fourth-order valence-corrected chi connectivity index (χ4v) is 2.61. The summed E-state index contributed by atoms with van der Waals surface area (Å²) in [7, 11) is 0. The van der Waals surface area contributed by atoms with Gasteiger partial charge in [-0.3, -0.25) is 0 Å². The summed E-state index contributed by atoms with van der Waals surface area (Å²) >= 11 is 0. The fourth-order valence-electron chi connectivity index (χ4n) is 2.61. The molecule has 0 saturated heterocycles. The average molecular weight is 307 g/mol. The van der Waals surface area contributed by atoms with Crippen LogP contribution in [0.5, 0.6) is 5.75 Å². The van der Waals surface area contributed by atoms with Crippen LogP contribution in [-0.4, -0.2) is 6.54 Å². The molecule has 0 atom stereocenters. The van der Waals surface area contributed by atoms with Gasteiger partial charge in [-0.25, -0.2) is 0 Å². The lowest BCUT2D eigenvalue weighted by Crippen LogP contribution is -2.23. The van der Waals surface area contributed by atoms with Crippen molar-refractivity contribution in [1.29, 1.82) is 0 Å². The first kappa shape index (κ1) is 14.9. The highest BCUT2D eigenvalue weighted by atomic mass is 19.4. The summed E-state index contributed by atoms with van der Waals surface area (Å²) in [6, 6.07) is 11.2. The molecule has 22 heavy (non-hydrogen) atoms. The van der Waals surface area contributed by atoms with Crippen molar-refractivity contribution in [1.82, 2.24) is 5.32 Å². The minimum Gasteiger partial charge on any atom is -0.488 e. The summed E-state index contributed by atoms with van der Waals surface area (Å²) < 4.78 is 44.1. The number of alkyl halides is 3. The Hall–Kier alpha value is -2.01. The van der Waals surface area contributed by atoms with E-state index in [-0.39, 0.29) is 12.4 Å². The Morgan fingerprint density at radius 2 is 1.86 bits per heavy atom. The fraction of sp³-hybridized carbons (Fsp3) is 0.294. The zero-order valence-electron chi connectivity index (χ0n) is 11.9. The van der Waals surface area contributed by atoms with E-state index in [1.807, 2.05) is 18.2 Å². The number of hydrogen-bond acceptors (Lipinski definition) is 2. The Bertz CT molecular complexity index is 667. The Labute approximate surface area is 126 Å². The summed E-state index contributed by atoms with van der Waals surface area (Å²) in [6.07, 6.45) is -3.47. The number of benzene rings is 2. The Morgan fingerprint density at radius 1 is 1.05 bits per heavy atom. The lowest BCUT2D eigenvalue weighted by molar-refractivity contribution is -0.139. The van der Waals surface area contributed by atoms with E-state index in [4.69, 9.17) is 4.74 Å². The van der Waals surface area contributed by atoms with E-state index in [1.165, 1.54) is 23.3 Å². The third kappa shape index (κ3) is 3.25. The molecule has 0 aliphatic carbocycles. The van der Waals surface area contributed by atoms with Gasteiger partial charge >= 0.3 is 6.18 Å². The van der Waals surface area contributed by atoms with Crippen LogP contribution in [0.15, 0.2) is 42.5 Å². The normalized spacial score (nSPS) is 14.5. The average Bonchev–Trinajstić information content (AvgIpc) is 2.52. The maximum Gasteiger partial charge on any atom is 0.419 e. The lowest BCUT2D eigenvalue weighted by Gasteiger charge is -2.18. The first-order chi connectivity index (χ1) is 10.5. The summed E-state index contributed by atoms with van der Waals surface area (Å²) in [6.45, 7) is 1.90. The standard InChI is InChI=1S/C17H16F3NO/c18-17(19,20)15-3-1-2-4-16(15)22-11-12-5-6-14-10-21-8-7-13(14)9-12/h1-6,9,21H,7-8,10-11H2. The number of halogens is 3. The van der Waals surface area contributed by atoms with E-state index >= 15 is 0 Å². The van der Waals surface area contributed by atoms with E-state index in [2.05, 4.69) is 5.32 Å². The molecule has 0 radical (unpaired) electrons. The van der Waals surface area contributed by atoms with Gasteiger partial charge in [-0.1, -0.05) is 30.3 Å². The molecular weight excluding hydrogens is 291 g/mol. The van der Waals surface area contributed by atoms with E-state index in [0.29, 0.717) is 0 Å². The third-order valence-electron chi connectivity index (χ3n) is 3.74. The number of hydrogen-bond donors (Lipinski definition) is 1. The number of fused-ring (bicyclic) bond motifs is 1. The summed E-state index contributed by atoms with van der Waals surface area (Å²) in [5.41, 5.74) is 2.63. The first-order valence-electron chi connectivity index (χ1n) is 7.14. The lowest BCUT2D eigenvalue weighted by atomic mass is 9.99. The van der Waals surface area contributed by atoms with Crippen molar-refractivity contribution < 1.29 is 17.9 Å². The van der Waals surface area contributed by atoms with E-state index in [9.17, 15) is 13.2 Å². The molecule has 1 N–H and O–H groups in total. The monoisotopic (exact) mass is 307 g/mol. The molecule has 0 fully saturated rings. The van der Waals surface area contributed by atoms with Crippen LogP contribution in [0.2, 0.25) is 0 Å². The van der Waals surface area contributed by atoms with Crippen LogP contribution in [0.25, 0.3) is 0 Å². The number of para-hydroxylation sites is 1. The van der Waals surface area contributed by atoms with Crippen molar-refractivity contribution in [2.75, 3.05) is 6.54 Å². The molecule has 1 aliphatic rings. The zero-order valence-corrected chi connectivity index (χ0v) is 11.9. The van der Waals surface area contributed by atoms with Gasteiger partial charge in [-0.15, -0.1) is 0 Å². The van der Waals surface area contributed by atoms with Crippen molar-refractivity contribution in [3.05, 3.63) is 64.7 Å². The van der Waals surface area contributed by atoms with Crippen LogP contribution in [0.3, 0.4) is 0 Å². The SMILES string of the molecule is FC(F)(F)c1ccccc1OCc1ccc2c(c1)CCNC2. The Morgan fingerprint density at radius 3 is 2.68 bits per heavy atom. The second-order valence-electron chi connectivity index (χ2n) is 5.31. The van der Waals surface area contributed by atoms with Crippen LogP contribution in [0.1, 0.15) is 22.3 Å². The molecule has 0 aromatic heterocycles. The maximum absolute atomic E-state index is 12.9. The number of nitrogens with one attached hydrogen (secondary N) is 1. The van der Waals surface area contributed by atoms with Crippen LogP contribution >= 0.6 is 0 Å². The predicted octanol–water partition coefficient (Wildman–Crippen LogP) is 3.93. The van der Waals surface area contributed by atoms with Crippen LogP contribution in [0.4, 0.5) is 13.2 Å². The van der Waals surface area contributed by atoms with Crippen molar-refractivity contribution in [3.8, 4) is 5.75 Å². The molecule has 3 rings (SSSR count). The van der Waals surface area contributed by atoms with E-state index < -0.39 is 11.7 Å². The summed E-state index contributed by atoms with van der Waals surface area (Å²) in [4.78, 5) is 0. The number of rotatable bonds is 3. The van der Waals surface area contributed by atoms with Crippen molar-refractivity contribution in [2.24, 2.45) is 0 Å². The highest BCUT2D eigenvalue weighted by Crippen LogP contribution is 2.36. The molecule has 2 aromatic rings. The Balaban J connectivity index is 1.76. The van der Waals surface area contributed by atoms with E-state index in [0.717, 1.165) is 31.1 Å². The molecule has 2 aromatic carbocycles. The van der Waals surface area contributed by atoms with Crippen LogP contribution < -0.4 is 10.1 Å². The largest absolute Gasteiger partial charge is 0.488 e. The molecule has 0 unspecified atom stereocenters. The molecule has 1 heterocycles. The minimum atomic E-state index is -4.40. The molecule has 1 aliphatic heterocycles. The van der Waals surface area contributed by atoms with Gasteiger partial charge in [0.05, 0.1) is 5.56 Å². The first-order valence-corrected chi connectivity index (χ1v) is 7.14. The molecule has 0 saturated carbocycles. The highest BCUT2D eigenvalue weighted by Gasteiger charge is 2.33. The van der Waals surface area contributed by atoms with Crippen LogP contribution in [-0.2, 0) is 25.7 Å². The van der Waals surface area contributed by atoms with Gasteiger partial charge in [0.15, 0.2) is 0 Å². The topological polar surface area (TPSA) is 21.3 Å². The second-order valence-corrected chi connectivity index (χ2v) is 5.31. The summed E-state index contributed by atoms with van der Waals surface area (Å²) in [5, 5.41) is 3.29. The number of ether oxygens (including phenoxy) is 1. The summed E-state index contributed by atoms with van der Waals surface area (Å²) in [5.74, 6) is -0.130. The van der Waals surface area contributed by atoms with Gasteiger partial charge in [0, 0.05) is 6.54 Å². The molecule has 0 amide bonds. The van der Waals surface area contributed by atoms with Gasteiger partial charge in [-0.2, -0.15) is 13.2 Å². The van der Waals surface area contributed by atoms with Gasteiger partial charge in [-0.05, 0) is 41.8 Å². The van der Waals surface area contributed by atoms with Gasteiger partial charge < -0.3 is 10.1 Å². The molecule has 0 bridgehead atoms. The van der Waals surface area contributed by atoms with Crippen molar-refractivity contribution in [3.63, 3.8) is 0 Å². The molecule has 5 heteroatoms. The molecule has 2 nitrogen and oxygen atoms in total. The minimum absolute atomic E-state index is 0.130. The van der Waals surface area contributed by atoms with Crippen LogP contribution in [0, 0.1) is 0 Å². The van der Waals surface area contributed by atoms with Crippen molar-refractivity contribution >= 4 is 0 Å². The Kier molecular flexibility index (Phi) is 4.07. The van der Waals surface area contributed by atoms with Gasteiger partial charge in [0.1, 0.15) is 12.4 Å². The molecule has 116 valence electrons.